The fraction of sp³-hybridized carbons (Fsp3) is 0.381. The van der Waals surface area contributed by atoms with Crippen molar-refractivity contribution in [3.63, 3.8) is 0 Å². The van der Waals surface area contributed by atoms with Gasteiger partial charge in [-0.3, -0.25) is 9.78 Å². The largest absolute Gasteiger partial charge is 0.508 e. The summed E-state index contributed by atoms with van der Waals surface area (Å²) in [7, 11) is 0. The zero-order valence-corrected chi connectivity index (χ0v) is 16.8. The van der Waals surface area contributed by atoms with Gasteiger partial charge in [-0.15, -0.1) is 0 Å². The van der Waals surface area contributed by atoms with Gasteiger partial charge >= 0.3 is 12.1 Å². The highest BCUT2D eigenvalue weighted by molar-refractivity contribution is 5.95. The van der Waals surface area contributed by atoms with Crippen LogP contribution in [0.5, 0.6) is 11.5 Å². The summed E-state index contributed by atoms with van der Waals surface area (Å²) in [5.41, 5.74) is 0.185. The number of carboxylic acids is 1. The third kappa shape index (κ3) is 5.47. The summed E-state index contributed by atoms with van der Waals surface area (Å²) >= 11 is 0. The molecular weight excluding hydrogens is 433 g/mol. The monoisotopic (exact) mass is 454 g/mol. The number of hydrogen-bond acceptors (Lipinski definition) is 6. The fourth-order valence-electron chi connectivity index (χ4n) is 3.56. The summed E-state index contributed by atoms with van der Waals surface area (Å²) in [5.74, 6) is -1.74. The Hall–Kier alpha value is -3.34. The third-order valence-electron chi connectivity index (χ3n) is 5.23. The van der Waals surface area contributed by atoms with Crippen LogP contribution >= 0.6 is 0 Å². The number of nitrogens with zero attached hydrogens (tertiary/aromatic N) is 2. The van der Waals surface area contributed by atoms with Gasteiger partial charge in [-0.25, -0.2) is 4.79 Å². The molecule has 2 saturated heterocycles. The van der Waals surface area contributed by atoms with Crippen molar-refractivity contribution in [2.24, 2.45) is 5.92 Å². The number of halogens is 3. The summed E-state index contributed by atoms with van der Waals surface area (Å²) in [6.45, 7) is 2.36. The van der Waals surface area contributed by atoms with Gasteiger partial charge in [0.25, 0.3) is 5.91 Å². The fourth-order valence-corrected chi connectivity index (χ4v) is 3.56. The third-order valence-corrected chi connectivity index (χ3v) is 5.23. The number of aromatic hydroxyl groups is 1. The van der Waals surface area contributed by atoms with E-state index in [1.54, 1.807) is 35.5 Å². The van der Waals surface area contributed by atoms with Gasteiger partial charge in [0.05, 0.1) is 25.9 Å². The molecule has 2 aliphatic heterocycles. The number of hydrogen-bond donors (Lipinski definition) is 2. The second-order valence-corrected chi connectivity index (χ2v) is 7.41. The zero-order chi connectivity index (χ0) is 23.4. The number of pyridine rings is 1. The molecule has 8 nitrogen and oxygen atoms in total. The van der Waals surface area contributed by atoms with E-state index in [-0.39, 0.29) is 23.2 Å². The molecule has 1 unspecified atom stereocenters. The second-order valence-electron chi connectivity index (χ2n) is 7.41. The number of carbonyl (C=O) groups is 2. The molecule has 0 saturated carbocycles. The number of likely N-dealkylation sites (tertiary alicyclic amines) is 1. The normalized spacial score (nSPS) is 19.0. The Morgan fingerprint density at radius 3 is 2.56 bits per heavy atom. The lowest BCUT2D eigenvalue weighted by Gasteiger charge is -2.50. The van der Waals surface area contributed by atoms with Crippen molar-refractivity contribution in [3.8, 4) is 11.5 Å². The molecule has 1 aromatic heterocycles. The van der Waals surface area contributed by atoms with Crippen molar-refractivity contribution < 1.29 is 42.4 Å². The molecule has 2 aliphatic rings. The number of phenols is 1. The second kappa shape index (κ2) is 9.43. The zero-order valence-electron chi connectivity index (χ0n) is 16.8. The molecule has 0 aliphatic carbocycles. The molecular formula is C21H21F3N2O6. The summed E-state index contributed by atoms with van der Waals surface area (Å²) < 4.78 is 43.6. The molecule has 2 aromatic rings. The first-order chi connectivity index (χ1) is 15.1. The Labute approximate surface area is 181 Å². The van der Waals surface area contributed by atoms with Crippen LogP contribution in [0.15, 0.2) is 48.8 Å². The number of ether oxygens (including phenoxy) is 2. The highest BCUT2D eigenvalue weighted by atomic mass is 19.4. The molecule has 1 amide bonds. The highest BCUT2D eigenvalue weighted by Crippen LogP contribution is 2.40. The van der Waals surface area contributed by atoms with E-state index >= 15 is 0 Å². The Balaban J connectivity index is 0.000000360. The van der Waals surface area contributed by atoms with Crippen LogP contribution in [-0.4, -0.2) is 70.1 Å². The summed E-state index contributed by atoms with van der Waals surface area (Å²) in [4.78, 5) is 27.2. The van der Waals surface area contributed by atoms with Crippen molar-refractivity contribution in [2.75, 3.05) is 26.3 Å². The minimum absolute atomic E-state index is 0.0797. The minimum atomic E-state index is -5.08. The Morgan fingerprint density at radius 2 is 1.97 bits per heavy atom. The quantitative estimate of drug-likeness (QED) is 0.731. The van der Waals surface area contributed by atoms with Crippen LogP contribution < -0.4 is 4.74 Å². The Kier molecular flexibility index (Phi) is 6.87. The van der Waals surface area contributed by atoms with Crippen molar-refractivity contribution in [2.45, 2.75) is 18.2 Å². The molecule has 0 radical (unpaired) electrons. The molecule has 0 bridgehead atoms. The molecule has 32 heavy (non-hydrogen) atoms. The van der Waals surface area contributed by atoms with E-state index in [1.165, 1.54) is 6.07 Å². The van der Waals surface area contributed by atoms with Crippen LogP contribution in [0.3, 0.4) is 0 Å². The molecule has 172 valence electrons. The lowest BCUT2D eigenvalue weighted by Crippen LogP contribution is -2.66. The van der Waals surface area contributed by atoms with Crippen LogP contribution in [-0.2, 0) is 9.53 Å². The number of aliphatic carboxylic acids is 1. The van der Waals surface area contributed by atoms with Crippen molar-refractivity contribution in [1.29, 1.82) is 0 Å². The number of phenolic OH excluding ortho intramolecular Hbond substituents is 1. The van der Waals surface area contributed by atoms with E-state index < -0.39 is 12.1 Å². The van der Waals surface area contributed by atoms with Crippen molar-refractivity contribution in [3.05, 3.63) is 54.4 Å². The van der Waals surface area contributed by atoms with Gasteiger partial charge in [-0.1, -0.05) is 6.07 Å². The van der Waals surface area contributed by atoms with Crippen molar-refractivity contribution >= 4 is 11.9 Å². The van der Waals surface area contributed by atoms with E-state index in [2.05, 4.69) is 4.98 Å². The highest BCUT2D eigenvalue weighted by Gasteiger charge is 2.54. The summed E-state index contributed by atoms with van der Waals surface area (Å²) in [6.07, 6.45) is -0.751. The first-order valence-electron chi connectivity index (χ1n) is 9.66. The Bertz CT molecular complexity index is 948. The lowest BCUT2D eigenvalue weighted by molar-refractivity contribution is -0.192. The van der Waals surface area contributed by atoms with Gasteiger partial charge in [-0.2, -0.15) is 13.2 Å². The van der Waals surface area contributed by atoms with Crippen LogP contribution in [0.4, 0.5) is 13.2 Å². The SMILES string of the molecule is O=C(O)C(F)(F)F.O=C(c1cccc(O)c1)N1CC2(C1)OCCC2COc1cccnc1. The molecule has 4 rings (SSSR count). The van der Waals surface area contributed by atoms with Gasteiger partial charge in [0.2, 0.25) is 0 Å². The van der Waals surface area contributed by atoms with Crippen LogP contribution in [0.1, 0.15) is 16.8 Å². The van der Waals surface area contributed by atoms with Gasteiger partial charge in [0.15, 0.2) is 0 Å². The first-order valence-corrected chi connectivity index (χ1v) is 9.66. The van der Waals surface area contributed by atoms with Crippen molar-refractivity contribution in [1.82, 2.24) is 9.88 Å². The molecule has 1 spiro atoms. The number of benzene rings is 1. The number of aromatic nitrogens is 1. The maximum Gasteiger partial charge on any atom is 0.490 e. The minimum Gasteiger partial charge on any atom is -0.508 e. The van der Waals surface area contributed by atoms with Crippen LogP contribution in [0, 0.1) is 5.92 Å². The van der Waals surface area contributed by atoms with Gasteiger partial charge in [0, 0.05) is 24.3 Å². The van der Waals surface area contributed by atoms with E-state index in [1.807, 2.05) is 12.1 Å². The number of amides is 1. The average Bonchev–Trinajstić information content (AvgIpc) is 3.15. The molecule has 1 atom stereocenters. The average molecular weight is 454 g/mol. The maximum absolute atomic E-state index is 12.5. The van der Waals surface area contributed by atoms with Gasteiger partial charge < -0.3 is 24.6 Å². The molecule has 1 aromatic carbocycles. The summed E-state index contributed by atoms with van der Waals surface area (Å²) in [5, 5.41) is 16.7. The first kappa shape index (κ1) is 23.3. The van der Waals surface area contributed by atoms with Crippen LogP contribution in [0.25, 0.3) is 0 Å². The molecule has 3 heterocycles. The number of rotatable bonds is 4. The predicted octanol–water partition coefficient (Wildman–Crippen LogP) is 2.73. The lowest BCUT2D eigenvalue weighted by atomic mass is 9.81. The number of alkyl halides is 3. The number of carbonyl (C=O) groups excluding carboxylic acids is 1. The predicted molar refractivity (Wildman–Crippen MR) is 104 cm³/mol. The van der Waals surface area contributed by atoms with E-state index in [0.717, 1.165) is 12.2 Å². The standard InChI is InChI=1S/C19H20N2O4.C2HF3O2/c22-16-4-1-3-14(9-16)18(23)21-12-19(13-21)15(6-8-25-19)11-24-17-5-2-7-20-10-17;3-2(4,5)1(6)7/h1-5,7,9-10,15,22H,6,8,11-13H2;(H,6,7). The Morgan fingerprint density at radius 1 is 1.25 bits per heavy atom. The smallest absolute Gasteiger partial charge is 0.490 e. The maximum atomic E-state index is 12.5. The molecule has 2 N–H and O–H groups in total. The topological polar surface area (TPSA) is 109 Å². The van der Waals surface area contributed by atoms with E-state index in [0.29, 0.717) is 31.9 Å². The number of carboxylic acid groups (broad SMARTS) is 1. The summed E-state index contributed by atoms with van der Waals surface area (Å²) in [6, 6.07) is 10.2. The van der Waals surface area contributed by atoms with E-state index in [9.17, 15) is 23.1 Å². The van der Waals surface area contributed by atoms with Gasteiger partial charge in [-0.05, 0) is 36.8 Å². The molecule has 11 heteroatoms. The van der Waals surface area contributed by atoms with Crippen LogP contribution in [0.2, 0.25) is 0 Å². The van der Waals surface area contributed by atoms with E-state index in [4.69, 9.17) is 19.4 Å². The van der Waals surface area contributed by atoms with Gasteiger partial charge in [0.1, 0.15) is 17.1 Å². The molecule has 2 fully saturated rings.